The molecule has 1 aliphatic heterocycles. The summed E-state index contributed by atoms with van der Waals surface area (Å²) in [5.74, 6) is -0.178. The van der Waals surface area contributed by atoms with E-state index in [-0.39, 0.29) is 11.5 Å². The van der Waals surface area contributed by atoms with Crippen LogP contribution in [0.5, 0.6) is 0 Å². The van der Waals surface area contributed by atoms with E-state index in [4.69, 9.17) is 0 Å². The third-order valence-electron chi connectivity index (χ3n) is 6.13. The number of H-pyrrole nitrogens is 1. The number of aromatic nitrogens is 4. The van der Waals surface area contributed by atoms with Crippen LogP contribution in [-0.2, 0) is 13.6 Å². The van der Waals surface area contributed by atoms with Gasteiger partial charge in [-0.3, -0.25) is 19.2 Å². The van der Waals surface area contributed by atoms with Gasteiger partial charge in [0.1, 0.15) is 11.2 Å². The first-order chi connectivity index (χ1) is 15.5. The number of carbonyl (C=O) groups excluding carboxylic acids is 1. The Morgan fingerprint density at radius 3 is 2.62 bits per heavy atom. The van der Waals surface area contributed by atoms with Crippen LogP contribution < -0.4 is 15.8 Å². The van der Waals surface area contributed by atoms with Crippen molar-refractivity contribution >= 4 is 33.4 Å². The maximum atomic E-state index is 12.5. The van der Waals surface area contributed by atoms with Crippen LogP contribution in [0.2, 0.25) is 0 Å². The number of amides is 1. The fraction of sp³-hybridized carbons (Fsp3) is 0.304. The summed E-state index contributed by atoms with van der Waals surface area (Å²) >= 11 is 0. The van der Waals surface area contributed by atoms with Crippen molar-refractivity contribution in [3.63, 3.8) is 0 Å². The highest BCUT2D eigenvalue weighted by Gasteiger charge is 2.18. The molecule has 1 aromatic carbocycles. The lowest BCUT2D eigenvalue weighted by Crippen LogP contribution is -2.46. The van der Waals surface area contributed by atoms with E-state index in [1.165, 1.54) is 5.56 Å². The number of nitrogens with zero attached hydrogens (tertiary/aromatic N) is 5. The van der Waals surface area contributed by atoms with Crippen molar-refractivity contribution in [3.8, 4) is 0 Å². The number of rotatable bonds is 4. The van der Waals surface area contributed by atoms with Crippen molar-refractivity contribution < 1.29 is 4.79 Å². The van der Waals surface area contributed by atoms with E-state index in [9.17, 15) is 9.59 Å². The van der Waals surface area contributed by atoms with Crippen molar-refractivity contribution in [3.05, 3.63) is 64.3 Å². The molecule has 0 atom stereocenters. The Hall–Kier alpha value is -3.72. The predicted molar refractivity (Wildman–Crippen MR) is 124 cm³/mol. The lowest BCUT2D eigenvalue weighted by molar-refractivity contribution is 0.0958. The summed E-state index contributed by atoms with van der Waals surface area (Å²) in [6.45, 7) is 4.45. The summed E-state index contributed by atoms with van der Waals surface area (Å²) in [6, 6.07) is 9.97. The summed E-state index contributed by atoms with van der Waals surface area (Å²) < 4.78 is 1.61. The summed E-state index contributed by atoms with van der Waals surface area (Å²) in [7, 11) is 3.38. The zero-order valence-electron chi connectivity index (χ0n) is 18.1. The van der Waals surface area contributed by atoms with Gasteiger partial charge in [0.05, 0.1) is 18.1 Å². The highest BCUT2D eigenvalue weighted by Crippen LogP contribution is 2.23. The number of nitrogens with one attached hydrogen (secondary N) is 2. The smallest absolute Gasteiger partial charge is 0.274 e. The molecule has 164 valence electrons. The molecular formula is C23H25N7O2. The second kappa shape index (κ2) is 8.08. The molecule has 3 aromatic heterocycles. The van der Waals surface area contributed by atoms with Gasteiger partial charge in [0.25, 0.3) is 11.5 Å². The number of aromatic amines is 1. The number of benzene rings is 1. The lowest BCUT2D eigenvalue weighted by atomic mass is 10.1. The molecule has 1 amide bonds. The van der Waals surface area contributed by atoms with Gasteiger partial charge in [-0.05, 0) is 23.8 Å². The van der Waals surface area contributed by atoms with Crippen LogP contribution in [-0.4, -0.2) is 63.8 Å². The summed E-state index contributed by atoms with van der Waals surface area (Å²) in [5, 5.41) is 8.71. The molecule has 1 saturated heterocycles. The molecule has 4 heterocycles. The SMILES string of the molecule is CNC(=O)c1ccc(N2CCN(Cc3ccc4c(c3)[nH]c(=O)c3c4cnn3C)CC2)cn1. The maximum Gasteiger partial charge on any atom is 0.274 e. The average Bonchev–Trinajstić information content (AvgIpc) is 3.21. The van der Waals surface area contributed by atoms with Crippen LogP contribution in [0.25, 0.3) is 21.8 Å². The number of aryl methyl sites for hydroxylation is 1. The number of fused-ring (bicyclic) bond motifs is 3. The van der Waals surface area contributed by atoms with E-state index in [0.29, 0.717) is 11.2 Å². The van der Waals surface area contributed by atoms with Crippen LogP contribution in [0.15, 0.2) is 47.5 Å². The Bertz CT molecular complexity index is 1350. The minimum Gasteiger partial charge on any atom is -0.368 e. The van der Waals surface area contributed by atoms with Gasteiger partial charge in [-0.1, -0.05) is 12.1 Å². The van der Waals surface area contributed by atoms with Crippen molar-refractivity contribution in [2.45, 2.75) is 6.54 Å². The van der Waals surface area contributed by atoms with Gasteiger partial charge in [-0.25, -0.2) is 4.98 Å². The molecular weight excluding hydrogens is 406 g/mol. The first-order valence-corrected chi connectivity index (χ1v) is 10.7. The molecule has 0 radical (unpaired) electrons. The van der Waals surface area contributed by atoms with E-state index in [1.807, 2.05) is 6.07 Å². The third-order valence-corrected chi connectivity index (χ3v) is 6.13. The van der Waals surface area contributed by atoms with Gasteiger partial charge < -0.3 is 15.2 Å². The third kappa shape index (κ3) is 3.60. The zero-order valence-corrected chi connectivity index (χ0v) is 18.1. The quantitative estimate of drug-likeness (QED) is 0.508. The molecule has 0 bridgehead atoms. The van der Waals surface area contributed by atoms with Crippen LogP contribution >= 0.6 is 0 Å². The second-order valence-corrected chi connectivity index (χ2v) is 8.11. The summed E-state index contributed by atoms with van der Waals surface area (Å²) in [6.07, 6.45) is 3.51. The number of hydrogen-bond acceptors (Lipinski definition) is 6. The Morgan fingerprint density at radius 1 is 1.09 bits per heavy atom. The standard InChI is InChI=1S/C23H25N7O2/c1-24-22(31)19-6-4-16(12-25-19)30-9-7-29(8-10-30)14-15-3-5-17-18-13-26-28(2)21(18)23(32)27-20(17)11-15/h3-6,11-13H,7-10,14H2,1-2H3,(H,24,31)(H,27,32). The highest BCUT2D eigenvalue weighted by atomic mass is 16.1. The summed E-state index contributed by atoms with van der Waals surface area (Å²) in [4.78, 5) is 36.1. The van der Waals surface area contributed by atoms with Crippen molar-refractivity contribution in [1.29, 1.82) is 0 Å². The molecule has 5 rings (SSSR count). The molecule has 4 aromatic rings. The van der Waals surface area contributed by atoms with Crippen molar-refractivity contribution in [2.24, 2.45) is 7.05 Å². The zero-order chi connectivity index (χ0) is 22.2. The molecule has 1 fully saturated rings. The number of piperazine rings is 1. The molecule has 0 unspecified atom stereocenters. The largest absolute Gasteiger partial charge is 0.368 e. The Labute approximate surface area is 184 Å². The van der Waals surface area contributed by atoms with E-state index < -0.39 is 0 Å². The molecule has 32 heavy (non-hydrogen) atoms. The average molecular weight is 432 g/mol. The molecule has 1 aliphatic rings. The first-order valence-electron chi connectivity index (χ1n) is 10.7. The molecule has 0 spiro atoms. The van der Waals surface area contributed by atoms with Crippen LogP contribution in [0, 0.1) is 0 Å². The number of anilines is 1. The molecule has 9 heteroatoms. The Morgan fingerprint density at radius 2 is 1.91 bits per heavy atom. The molecule has 0 saturated carbocycles. The van der Waals surface area contributed by atoms with Gasteiger partial charge in [-0.2, -0.15) is 5.10 Å². The topological polar surface area (TPSA) is 99.1 Å². The summed E-state index contributed by atoms with van der Waals surface area (Å²) in [5.41, 5.74) is 3.94. The minimum atomic E-state index is -0.178. The lowest BCUT2D eigenvalue weighted by Gasteiger charge is -2.36. The van der Waals surface area contributed by atoms with Gasteiger partial charge in [0.15, 0.2) is 0 Å². The normalized spacial score (nSPS) is 14.9. The van der Waals surface area contributed by atoms with Crippen LogP contribution in [0.1, 0.15) is 16.1 Å². The highest BCUT2D eigenvalue weighted by molar-refractivity contribution is 6.03. The minimum absolute atomic E-state index is 0.116. The van der Waals surface area contributed by atoms with Gasteiger partial charge >= 0.3 is 0 Å². The van der Waals surface area contributed by atoms with Crippen molar-refractivity contribution in [1.82, 2.24) is 30.0 Å². The fourth-order valence-corrected chi connectivity index (χ4v) is 4.37. The second-order valence-electron chi connectivity index (χ2n) is 8.11. The molecule has 9 nitrogen and oxygen atoms in total. The predicted octanol–water partition coefficient (Wildman–Crippen LogP) is 1.49. The molecule has 2 N–H and O–H groups in total. The molecule has 0 aliphatic carbocycles. The first kappa shape index (κ1) is 20.2. The van der Waals surface area contributed by atoms with Crippen LogP contribution in [0.3, 0.4) is 0 Å². The van der Waals surface area contributed by atoms with Gasteiger partial charge in [0, 0.05) is 63.1 Å². The number of hydrogen-bond donors (Lipinski definition) is 2. The van der Waals surface area contributed by atoms with Crippen LogP contribution in [0.4, 0.5) is 5.69 Å². The van der Waals surface area contributed by atoms with E-state index in [2.05, 4.69) is 48.4 Å². The van der Waals surface area contributed by atoms with Gasteiger partial charge in [0.2, 0.25) is 0 Å². The van der Waals surface area contributed by atoms with E-state index in [0.717, 1.165) is 54.7 Å². The van der Waals surface area contributed by atoms with Gasteiger partial charge in [-0.15, -0.1) is 0 Å². The number of pyridine rings is 2. The Kier molecular flexibility index (Phi) is 5.10. The number of carbonyl (C=O) groups is 1. The van der Waals surface area contributed by atoms with Crippen molar-refractivity contribution in [2.75, 3.05) is 38.1 Å². The van der Waals surface area contributed by atoms with E-state index in [1.54, 1.807) is 37.2 Å². The maximum absolute atomic E-state index is 12.5. The fourth-order valence-electron chi connectivity index (χ4n) is 4.37. The Balaban J connectivity index is 1.27. The van der Waals surface area contributed by atoms with E-state index >= 15 is 0 Å². The monoisotopic (exact) mass is 431 g/mol.